The third-order valence-corrected chi connectivity index (χ3v) is 4.96. The quantitative estimate of drug-likeness (QED) is 0.470. The maximum absolute atomic E-state index is 12.1. The van der Waals surface area contributed by atoms with Gasteiger partial charge in [-0.05, 0) is 59.9 Å². The summed E-state index contributed by atoms with van der Waals surface area (Å²) in [6.45, 7) is 0. The van der Waals surface area contributed by atoms with Crippen LogP contribution in [0.15, 0.2) is 24.3 Å². The van der Waals surface area contributed by atoms with Gasteiger partial charge in [-0.15, -0.1) is 0 Å². The summed E-state index contributed by atoms with van der Waals surface area (Å²) >= 11 is 8.77. The van der Waals surface area contributed by atoms with Crippen molar-refractivity contribution in [3.8, 4) is 5.75 Å². The van der Waals surface area contributed by atoms with E-state index in [2.05, 4.69) is 47.8 Å². The minimum Gasteiger partial charge on any atom is -0.383 e. The molecule has 0 radical (unpaired) electrons. The van der Waals surface area contributed by atoms with Crippen LogP contribution in [0.25, 0.3) is 0 Å². The lowest BCUT2D eigenvalue weighted by atomic mass is 10.2. The van der Waals surface area contributed by atoms with Crippen LogP contribution in [0.2, 0.25) is 0 Å². The van der Waals surface area contributed by atoms with Crippen LogP contribution < -0.4 is 4.18 Å². The summed E-state index contributed by atoms with van der Waals surface area (Å²) in [4.78, 5) is 12.1. The van der Waals surface area contributed by atoms with Crippen molar-refractivity contribution in [3.05, 3.63) is 29.8 Å². The van der Waals surface area contributed by atoms with Gasteiger partial charge in [0, 0.05) is 11.9 Å². The number of carbonyl (C=O) groups is 1. The predicted molar refractivity (Wildman–Crippen MR) is 78.5 cm³/mol. The smallest absolute Gasteiger partial charge is 0.332 e. The molecule has 1 heterocycles. The number of carbonyl (C=O) groups excluding carboxylic acids is 1. The Labute approximate surface area is 130 Å². The number of para-hydroxylation sites is 1. The van der Waals surface area contributed by atoms with Gasteiger partial charge in [-0.3, -0.25) is 4.79 Å². The zero-order chi connectivity index (χ0) is 12.6. The average molecular weight is 466 g/mol. The summed E-state index contributed by atoms with van der Waals surface area (Å²) in [5, 5.41) is 0. The van der Waals surface area contributed by atoms with Gasteiger partial charge in [-0.1, -0.05) is 12.1 Å². The van der Waals surface area contributed by atoms with Crippen LogP contribution in [-0.2, 0) is 11.3 Å². The number of halogens is 3. The first-order valence-corrected chi connectivity index (χ1v) is 8.36. The third kappa shape index (κ3) is 3.25. The van der Waals surface area contributed by atoms with E-state index in [1.165, 1.54) is 0 Å². The summed E-state index contributed by atoms with van der Waals surface area (Å²) in [6, 6.07) is 6.67. The molecule has 2 rings (SSSR count). The van der Waals surface area contributed by atoms with Gasteiger partial charge in [0.15, 0.2) is 7.22 Å². The van der Waals surface area contributed by atoms with Crippen molar-refractivity contribution in [2.75, 3.05) is 0 Å². The molecule has 1 aromatic rings. The highest BCUT2D eigenvalue weighted by atomic mass is 80.0. The fraction of sp³-hybridized carbons (Fsp3) is 0.125. The molecule has 1 unspecified atom stereocenters. The number of amides is 1. The van der Waals surface area contributed by atoms with Crippen molar-refractivity contribution in [1.29, 1.82) is 0 Å². The highest BCUT2D eigenvalue weighted by molar-refractivity contribution is 9.42. The van der Waals surface area contributed by atoms with Crippen LogP contribution in [0, 0.1) is 0 Å². The first kappa shape index (κ1) is 13.9. The molecule has 0 N–H and O–H groups in total. The number of fused-ring (bicyclic) bond motifs is 1. The van der Waals surface area contributed by atoms with Crippen LogP contribution in [0.5, 0.6) is 5.75 Å². The lowest BCUT2D eigenvalue weighted by Gasteiger charge is -2.27. The van der Waals surface area contributed by atoms with Crippen molar-refractivity contribution >= 4 is 76.9 Å². The van der Waals surface area contributed by atoms with Gasteiger partial charge < -0.3 is 4.18 Å². The van der Waals surface area contributed by atoms with Gasteiger partial charge in [0.25, 0.3) is 5.91 Å². The predicted octanol–water partition coefficient (Wildman–Crippen LogP) is 3.54. The zero-order valence-corrected chi connectivity index (χ0v) is 14.3. The summed E-state index contributed by atoms with van der Waals surface area (Å²) in [6.07, 6.45) is 0. The van der Waals surface area contributed by atoms with Crippen LogP contribution in [-0.4, -0.2) is 15.3 Å². The van der Waals surface area contributed by atoms with Crippen molar-refractivity contribution in [2.45, 2.75) is 1.47 Å². The maximum atomic E-state index is 12.1. The molecule has 0 fully saturated rings. The van der Waals surface area contributed by atoms with Gasteiger partial charge in [0.05, 0.1) is 5.56 Å². The molecule has 9 heteroatoms. The number of rotatable bonds is 1. The molecule has 1 amide bonds. The van der Waals surface area contributed by atoms with Crippen LogP contribution in [0.1, 0.15) is 10.4 Å². The molecular formula is C8H4Br3NO3S2. The number of hydrogen-bond acceptors (Lipinski definition) is 4. The van der Waals surface area contributed by atoms with E-state index < -0.39 is 12.7 Å². The van der Waals surface area contributed by atoms with Gasteiger partial charge >= 0.3 is 11.3 Å². The molecule has 4 nitrogen and oxygen atoms in total. The highest BCUT2D eigenvalue weighted by Crippen LogP contribution is 2.48. The van der Waals surface area contributed by atoms with Gasteiger partial charge in [0.2, 0.25) is 0 Å². The normalized spacial score (nSPS) is 19.8. The Morgan fingerprint density at radius 3 is 2.59 bits per heavy atom. The Bertz CT molecular complexity index is 491. The van der Waals surface area contributed by atoms with Crippen LogP contribution in [0.3, 0.4) is 0 Å². The summed E-state index contributed by atoms with van der Waals surface area (Å²) in [5.41, 5.74) is 0.386. The molecule has 0 saturated heterocycles. The van der Waals surface area contributed by atoms with E-state index in [9.17, 15) is 9.00 Å². The lowest BCUT2D eigenvalue weighted by Crippen LogP contribution is -2.35. The minimum absolute atomic E-state index is 0.331. The molecule has 1 aliphatic rings. The van der Waals surface area contributed by atoms with E-state index in [0.717, 1.165) is 15.7 Å². The molecule has 17 heavy (non-hydrogen) atoms. The van der Waals surface area contributed by atoms with E-state index in [0.29, 0.717) is 11.3 Å². The minimum atomic E-state index is -1.86. The molecule has 0 aromatic heterocycles. The first-order valence-electron chi connectivity index (χ1n) is 4.18. The molecule has 0 aliphatic carbocycles. The zero-order valence-electron chi connectivity index (χ0n) is 7.93. The Kier molecular flexibility index (Phi) is 4.24. The molecule has 1 atom stereocenters. The van der Waals surface area contributed by atoms with Gasteiger partial charge in [-0.2, -0.15) is 7.92 Å². The number of hydrogen-bond donors (Lipinski definition) is 0. The van der Waals surface area contributed by atoms with E-state index in [1.54, 1.807) is 24.3 Å². The summed E-state index contributed by atoms with van der Waals surface area (Å²) in [5.74, 6) is -0.0325. The SMILES string of the molecule is O=C1c2ccccc2OS(=O)N1SC(Br)(Br)Br. The fourth-order valence-corrected chi connectivity index (χ4v) is 4.96. The number of nitrogens with zero attached hydrogens (tertiary/aromatic N) is 1. The summed E-state index contributed by atoms with van der Waals surface area (Å²) < 4.78 is 17.2. The second-order valence-corrected chi connectivity index (χ2v) is 13.6. The Morgan fingerprint density at radius 2 is 1.94 bits per heavy atom. The van der Waals surface area contributed by atoms with Crippen molar-refractivity contribution in [2.24, 2.45) is 0 Å². The first-order chi connectivity index (χ1) is 7.88. The molecule has 0 bridgehead atoms. The fourth-order valence-electron chi connectivity index (χ4n) is 1.16. The molecule has 0 spiro atoms. The largest absolute Gasteiger partial charge is 0.383 e. The number of benzene rings is 1. The second-order valence-electron chi connectivity index (χ2n) is 2.90. The summed E-state index contributed by atoms with van der Waals surface area (Å²) in [7, 11) is 0. The van der Waals surface area contributed by atoms with E-state index in [4.69, 9.17) is 4.18 Å². The van der Waals surface area contributed by atoms with Crippen molar-refractivity contribution < 1.29 is 13.2 Å². The average Bonchev–Trinajstić information content (AvgIpc) is 2.23. The third-order valence-electron chi connectivity index (χ3n) is 1.77. The van der Waals surface area contributed by atoms with E-state index in [-0.39, 0.29) is 5.91 Å². The van der Waals surface area contributed by atoms with Crippen molar-refractivity contribution in [1.82, 2.24) is 3.71 Å². The van der Waals surface area contributed by atoms with Crippen molar-refractivity contribution in [3.63, 3.8) is 0 Å². The van der Waals surface area contributed by atoms with E-state index in [1.807, 2.05) is 0 Å². The lowest BCUT2D eigenvalue weighted by molar-refractivity contribution is 0.0918. The highest BCUT2D eigenvalue weighted by Gasteiger charge is 2.37. The van der Waals surface area contributed by atoms with Gasteiger partial charge in [-0.25, -0.2) is 0 Å². The maximum Gasteiger partial charge on any atom is 0.332 e. The molecule has 1 aliphatic heterocycles. The van der Waals surface area contributed by atoms with Crippen LogP contribution in [0.4, 0.5) is 0 Å². The Morgan fingerprint density at radius 1 is 1.29 bits per heavy atom. The Balaban J connectivity index is 2.34. The van der Waals surface area contributed by atoms with Crippen LogP contribution >= 0.6 is 59.7 Å². The molecule has 92 valence electrons. The monoisotopic (exact) mass is 463 g/mol. The standard InChI is InChI=1S/C8H4Br3NO3S2/c9-8(10,11)16-12-7(13)5-3-1-2-4-6(5)15-17(12)14/h1-4H. The Hall–Kier alpha value is 0.430. The second kappa shape index (κ2) is 5.20. The van der Waals surface area contributed by atoms with Gasteiger partial charge in [0.1, 0.15) is 0 Å². The molecular weight excluding hydrogens is 462 g/mol. The molecule has 0 saturated carbocycles. The topological polar surface area (TPSA) is 46.6 Å². The van der Waals surface area contributed by atoms with E-state index >= 15 is 0 Å². The molecule has 1 aromatic carbocycles. The number of alkyl halides is 3.